The molecule has 0 aliphatic rings. The number of anilines is 1. The van der Waals surface area contributed by atoms with Crippen molar-refractivity contribution < 1.29 is 26.7 Å². The van der Waals surface area contributed by atoms with E-state index < -0.39 is 27.6 Å². The Hall–Kier alpha value is -2.48. The highest BCUT2D eigenvalue weighted by Gasteiger charge is 2.28. The number of hydrogen-bond acceptors (Lipinski definition) is 4. The van der Waals surface area contributed by atoms with Crippen LogP contribution in [0.1, 0.15) is 10.4 Å². The van der Waals surface area contributed by atoms with Gasteiger partial charge in [0.15, 0.2) is 0 Å². The number of halogens is 2. The molecular formula is C15H13F2NO4S. The Balaban J connectivity index is 2.56. The van der Waals surface area contributed by atoms with E-state index >= 15 is 0 Å². The molecule has 0 saturated heterocycles. The Kier molecular flexibility index (Phi) is 4.65. The summed E-state index contributed by atoms with van der Waals surface area (Å²) in [5.74, 6) is -2.70. The number of benzene rings is 2. The molecule has 0 amide bonds. The van der Waals surface area contributed by atoms with Gasteiger partial charge in [-0.05, 0) is 24.3 Å². The molecule has 122 valence electrons. The van der Waals surface area contributed by atoms with Crippen LogP contribution >= 0.6 is 0 Å². The number of methoxy groups -OCH3 is 1. The highest BCUT2D eigenvalue weighted by atomic mass is 32.2. The molecule has 2 rings (SSSR count). The summed E-state index contributed by atoms with van der Waals surface area (Å²) in [6.45, 7) is 0. The average molecular weight is 341 g/mol. The van der Waals surface area contributed by atoms with Crippen molar-refractivity contribution in [2.75, 3.05) is 18.5 Å². The van der Waals surface area contributed by atoms with Crippen LogP contribution in [0.3, 0.4) is 0 Å². The zero-order valence-corrected chi connectivity index (χ0v) is 13.1. The van der Waals surface area contributed by atoms with E-state index in [-0.39, 0.29) is 16.1 Å². The van der Waals surface area contributed by atoms with Crippen molar-refractivity contribution in [3.63, 3.8) is 0 Å². The zero-order chi connectivity index (χ0) is 17.2. The molecule has 0 spiro atoms. The summed E-state index contributed by atoms with van der Waals surface area (Å²) in [4.78, 5) is 11.4. The van der Waals surface area contributed by atoms with Gasteiger partial charge in [-0.15, -0.1) is 0 Å². The molecule has 0 aromatic heterocycles. The minimum atomic E-state index is -4.24. The van der Waals surface area contributed by atoms with E-state index in [9.17, 15) is 22.0 Å². The van der Waals surface area contributed by atoms with Gasteiger partial charge in [0.05, 0.1) is 18.4 Å². The number of carbonyl (C=O) groups excluding carboxylic acids is 1. The normalized spacial score (nSPS) is 11.1. The van der Waals surface area contributed by atoms with Gasteiger partial charge in [-0.1, -0.05) is 12.1 Å². The first-order valence-electron chi connectivity index (χ1n) is 6.40. The van der Waals surface area contributed by atoms with E-state index in [1.165, 1.54) is 24.3 Å². The molecule has 0 unspecified atom stereocenters. The Morgan fingerprint density at radius 1 is 1.13 bits per heavy atom. The van der Waals surface area contributed by atoms with Gasteiger partial charge in [0.25, 0.3) is 10.0 Å². The maximum Gasteiger partial charge on any atom is 0.339 e. The SMILES string of the molecule is COC(=O)c1ccccc1S(=O)(=O)N(C)c1ccc(F)cc1F. The van der Waals surface area contributed by atoms with Crippen LogP contribution < -0.4 is 4.31 Å². The van der Waals surface area contributed by atoms with Crippen molar-refractivity contribution in [1.29, 1.82) is 0 Å². The van der Waals surface area contributed by atoms with Gasteiger partial charge in [0, 0.05) is 13.1 Å². The van der Waals surface area contributed by atoms with Crippen LogP contribution in [0, 0.1) is 11.6 Å². The molecule has 0 fully saturated rings. The number of carbonyl (C=O) groups is 1. The lowest BCUT2D eigenvalue weighted by Gasteiger charge is -2.21. The summed E-state index contributed by atoms with van der Waals surface area (Å²) in [6.07, 6.45) is 0. The van der Waals surface area contributed by atoms with Crippen LogP contribution in [-0.2, 0) is 14.8 Å². The Bertz CT molecular complexity index is 852. The number of esters is 1. The Labute approximate surface area is 132 Å². The van der Waals surface area contributed by atoms with Gasteiger partial charge in [0.1, 0.15) is 16.5 Å². The van der Waals surface area contributed by atoms with Gasteiger partial charge >= 0.3 is 5.97 Å². The van der Waals surface area contributed by atoms with Gasteiger partial charge in [-0.25, -0.2) is 22.0 Å². The van der Waals surface area contributed by atoms with E-state index in [0.29, 0.717) is 10.4 Å². The van der Waals surface area contributed by atoms with Crippen LogP contribution in [0.2, 0.25) is 0 Å². The molecule has 0 saturated carbocycles. The summed E-state index contributed by atoms with van der Waals surface area (Å²) in [7, 11) is -2.01. The summed E-state index contributed by atoms with van der Waals surface area (Å²) < 4.78 is 57.3. The largest absolute Gasteiger partial charge is 0.465 e. The van der Waals surface area contributed by atoms with Crippen LogP contribution in [0.4, 0.5) is 14.5 Å². The second kappa shape index (κ2) is 6.33. The fourth-order valence-electron chi connectivity index (χ4n) is 1.98. The average Bonchev–Trinajstić information content (AvgIpc) is 2.53. The van der Waals surface area contributed by atoms with Gasteiger partial charge in [-0.2, -0.15) is 0 Å². The smallest absolute Gasteiger partial charge is 0.339 e. The number of rotatable bonds is 4. The molecular weight excluding hydrogens is 328 g/mol. The van der Waals surface area contributed by atoms with Crippen molar-refractivity contribution in [3.8, 4) is 0 Å². The third-order valence-corrected chi connectivity index (χ3v) is 5.01. The molecule has 0 aliphatic carbocycles. The lowest BCUT2D eigenvalue weighted by atomic mass is 10.2. The third-order valence-electron chi connectivity index (χ3n) is 3.18. The van der Waals surface area contributed by atoms with Gasteiger partial charge < -0.3 is 4.74 Å². The number of sulfonamides is 1. The third kappa shape index (κ3) is 3.16. The molecule has 23 heavy (non-hydrogen) atoms. The van der Waals surface area contributed by atoms with E-state index in [0.717, 1.165) is 26.3 Å². The first-order valence-corrected chi connectivity index (χ1v) is 7.84. The molecule has 2 aromatic rings. The topological polar surface area (TPSA) is 63.7 Å². The van der Waals surface area contributed by atoms with Crippen LogP contribution in [0.25, 0.3) is 0 Å². The predicted molar refractivity (Wildman–Crippen MR) is 79.7 cm³/mol. The highest BCUT2D eigenvalue weighted by Crippen LogP contribution is 2.27. The van der Waals surface area contributed by atoms with Crippen molar-refractivity contribution >= 4 is 21.7 Å². The summed E-state index contributed by atoms with van der Waals surface area (Å²) in [5.41, 5.74) is -0.518. The molecule has 0 radical (unpaired) electrons. The van der Waals surface area contributed by atoms with Crippen LogP contribution in [0.15, 0.2) is 47.4 Å². The quantitative estimate of drug-likeness (QED) is 0.802. The summed E-state index contributed by atoms with van der Waals surface area (Å²) in [5, 5.41) is 0. The van der Waals surface area contributed by atoms with Gasteiger partial charge in [0.2, 0.25) is 0 Å². The van der Waals surface area contributed by atoms with E-state index in [2.05, 4.69) is 4.74 Å². The standard InChI is InChI=1S/C15H13F2NO4S/c1-18(13-8-7-10(16)9-12(13)17)23(20,21)14-6-4-3-5-11(14)15(19)22-2/h3-9H,1-2H3. The Morgan fingerprint density at radius 3 is 2.39 bits per heavy atom. The van der Waals surface area contributed by atoms with E-state index in [1.54, 1.807) is 0 Å². The van der Waals surface area contributed by atoms with Crippen molar-refractivity contribution in [2.45, 2.75) is 4.90 Å². The zero-order valence-electron chi connectivity index (χ0n) is 12.3. The molecule has 2 aromatic carbocycles. The maximum absolute atomic E-state index is 13.8. The molecule has 0 N–H and O–H groups in total. The first-order chi connectivity index (χ1) is 10.8. The van der Waals surface area contributed by atoms with Crippen LogP contribution in [0.5, 0.6) is 0 Å². The number of nitrogens with zero attached hydrogens (tertiary/aromatic N) is 1. The number of hydrogen-bond donors (Lipinski definition) is 0. The molecule has 0 heterocycles. The predicted octanol–water partition coefficient (Wildman–Crippen LogP) is 2.58. The number of ether oxygens (including phenoxy) is 1. The molecule has 8 heteroatoms. The first kappa shape index (κ1) is 16.9. The summed E-state index contributed by atoms with van der Waals surface area (Å²) >= 11 is 0. The minimum Gasteiger partial charge on any atom is -0.465 e. The molecule has 0 aliphatic heterocycles. The monoisotopic (exact) mass is 341 g/mol. The maximum atomic E-state index is 13.8. The van der Waals surface area contributed by atoms with Crippen molar-refractivity contribution in [3.05, 3.63) is 59.7 Å². The molecule has 0 bridgehead atoms. The minimum absolute atomic E-state index is 0.177. The fraction of sp³-hybridized carbons (Fsp3) is 0.133. The van der Waals surface area contributed by atoms with Crippen LogP contribution in [-0.4, -0.2) is 28.5 Å². The Morgan fingerprint density at radius 2 is 1.78 bits per heavy atom. The lowest BCUT2D eigenvalue weighted by molar-refractivity contribution is 0.0596. The second-order valence-corrected chi connectivity index (χ2v) is 6.49. The fourth-order valence-corrected chi connectivity index (χ4v) is 3.37. The van der Waals surface area contributed by atoms with Gasteiger partial charge in [-0.3, -0.25) is 4.31 Å². The molecule has 0 atom stereocenters. The van der Waals surface area contributed by atoms with Crippen molar-refractivity contribution in [1.82, 2.24) is 0 Å². The molecule has 5 nitrogen and oxygen atoms in total. The van der Waals surface area contributed by atoms with E-state index in [1.807, 2.05) is 0 Å². The van der Waals surface area contributed by atoms with E-state index in [4.69, 9.17) is 0 Å². The summed E-state index contributed by atoms with van der Waals surface area (Å²) in [6, 6.07) is 7.91. The second-order valence-electron chi connectivity index (χ2n) is 4.56. The van der Waals surface area contributed by atoms with Crippen molar-refractivity contribution in [2.24, 2.45) is 0 Å². The highest BCUT2D eigenvalue weighted by molar-refractivity contribution is 7.92. The lowest BCUT2D eigenvalue weighted by Crippen LogP contribution is -2.29.